The van der Waals surface area contributed by atoms with Gasteiger partial charge in [0.25, 0.3) is 0 Å². The summed E-state index contributed by atoms with van der Waals surface area (Å²) in [4.78, 5) is 62.9. The molecule has 15 nitrogen and oxygen atoms in total. The van der Waals surface area contributed by atoms with Gasteiger partial charge in [0.15, 0.2) is 24.1 Å². The third-order valence-electron chi connectivity index (χ3n) is 5.66. The number of carbonyl (C=O) groups is 5. The van der Waals surface area contributed by atoms with Crippen molar-refractivity contribution < 1.29 is 47.7 Å². The lowest BCUT2D eigenvalue weighted by Gasteiger charge is -2.43. The molecule has 15 heteroatoms. The maximum absolute atomic E-state index is 13.0. The molecule has 3 rings (SSSR count). The number of benzene rings is 1. The number of hydrogen-bond donors (Lipinski definition) is 0. The summed E-state index contributed by atoms with van der Waals surface area (Å²) in [6, 6.07) is 9.04. The minimum atomic E-state index is -1.41. The van der Waals surface area contributed by atoms with Crippen LogP contribution in [-0.2, 0) is 54.1 Å². The van der Waals surface area contributed by atoms with Gasteiger partial charge in [-0.3, -0.25) is 24.0 Å². The average molecular weight is 562 g/mol. The molecule has 0 radical (unpaired) electrons. The van der Waals surface area contributed by atoms with Gasteiger partial charge in [-0.2, -0.15) is 0 Å². The van der Waals surface area contributed by atoms with E-state index in [-0.39, 0.29) is 18.2 Å². The van der Waals surface area contributed by atoms with Crippen molar-refractivity contribution in [3.05, 3.63) is 36.2 Å². The van der Waals surface area contributed by atoms with Crippen LogP contribution in [0.3, 0.4) is 0 Å². The molecule has 5 unspecified atom stereocenters. The highest BCUT2D eigenvalue weighted by atomic mass is 16.7. The van der Waals surface area contributed by atoms with Gasteiger partial charge in [0.05, 0.1) is 6.42 Å². The Balaban J connectivity index is 1.94. The fourth-order valence-electron chi connectivity index (χ4n) is 4.17. The number of rotatable bonds is 10. The smallest absolute Gasteiger partial charge is 0.303 e. The second kappa shape index (κ2) is 13.6. The monoisotopic (exact) mass is 561 g/mol. The van der Waals surface area contributed by atoms with Crippen molar-refractivity contribution in [3.63, 3.8) is 0 Å². The molecule has 0 saturated carbocycles. The minimum Gasteiger partial charge on any atom is -0.463 e. The van der Waals surface area contributed by atoms with Crippen LogP contribution in [0.4, 0.5) is 5.69 Å². The van der Waals surface area contributed by atoms with Gasteiger partial charge in [0, 0.05) is 39.9 Å². The van der Waals surface area contributed by atoms with Gasteiger partial charge in [-0.15, -0.1) is 15.0 Å². The summed E-state index contributed by atoms with van der Waals surface area (Å²) in [7, 11) is 0. The summed E-state index contributed by atoms with van der Waals surface area (Å²) in [6.45, 7) is 6.35. The Morgan fingerprint density at radius 1 is 0.875 bits per heavy atom. The number of likely N-dealkylation sites (N-methyl/N-ethyl adjacent to an activating group) is 1. The summed E-state index contributed by atoms with van der Waals surface area (Å²) in [6.07, 6.45) is -6.89. The average Bonchev–Trinajstić information content (AvgIpc) is 3.33. The van der Waals surface area contributed by atoms with Gasteiger partial charge in [-0.25, -0.2) is 0 Å². The van der Waals surface area contributed by atoms with E-state index in [0.717, 1.165) is 25.6 Å². The molecule has 1 aromatic heterocycles. The van der Waals surface area contributed by atoms with E-state index in [1.54, 1.807) is 17.0 Å². The number of anilines is 1. The molecule has 2 heterocycles. The number of aromatic nitrogens is 4. The number of esters is 4. The standard InChI is InChI=1S/C25H31N5O10/c1-6-29(18-10-8-7-9-11-18)21(35)12-20-26-28-30(27-20)25-24(39-17(5)34)23(38-16(4)33)22(37-15(3)32)19(40-25)13-36-14(2)31/h7-11,19,22-25H,6,12-13H2,1-5H3. The largest absolute Gasteiger partial charge is 0.463 e. The Hall–Kier alpha value is -4.40. The third-order valence-corrected chi connectivity index (χ3v) is 5.66. The summed E-state index contributed by atoms with van der Waals surface area (Å²) in [5, 5.41) is 12.2. The number of hydrogen-bond acceptors (Lipinski definition) is 13. The van der Waals surface area contributed by atoms with Crippen molar-refractivity contribution in [1.29, 1.82) is 0 Å². The van der Waals surface area contributed by atoms with Crippen molar-refractivity contribution in [3.8, 4) is 0 Å². The second-order valence-electron chi connectivity index (χ2n) is 8.77. The van der Waals surface area contributed by atoms with Crippen LogP contribution in [-0.4, -0.2) is 87.6 Å². The van der Waals surface area contributed by atoms with Crippen molar-refractivity contribution in [2.45, 2.75) is 71.7 Å². The van der Waals surface area contributed by atoms with Crippen LogP contribution in [0.2, 0.25) is 0 Å². The maximum atomic E-state index is 13.0. The van der Waals surface area contributed by atoms with Crippen molar-refractivity contribution >= 4 is 35.5 Å². The zero-order chi connectivity index (χ0) is 29.4. The number of nitrogens with zero attached hydrogens (tertiary/aromatic N) is 5. The lowest BCUT2D eigenvalue weighted by atomic mass is 9.97. The highest BCUT2D eigenvalue weighted by molar-refractivity contribution is 5.94. The van der Waals surface area contributed by atoms with Crippen LogP contribution >= 0.6 is 0 Å². The predicted molar refractivity (Wildman–Crippen MR) is 133 cm³/mol. The van der Waals surface area contributed by atoms with Gasteiger partial charge >= 0.3 is 23.9 Å². The van der Waals surface area contributed by atoms with Crippen molar-refractivity contribution in [2.24, 2.45) is 0 Å². The van der Waals surface area contributed by atoms with Gasteiger partial charge in [-0.1, -0.05) is 18.2 Å². The molecule has 1 fully saturated rings. The Kier molecular flexibility index (Phi) is 10.2. The molecule has 5 atom stereocenters. The van der Waals surface area contributed by atoms with Gasteiger partial charge in [0.2, 0.25) is 12.1 Å². The molecular formula is C25H31N5O10. The number of tetrazole rings is 1. The normalized spacial score (nSPS) is 22.1. The van der Waals surface area contributed by atoms with Gasteiger partial charge < -0.3 is 28.6 Å². The van der Waals surface area contributed by atoms with E-state index in [0.29, 0.717) is 12.2 Å². The molecule has 216 valence electrons. The molecule has 2 aromatic rings. The Morgan fingerprint density at radius 3 is 2.05 bits per heavy atom. The topological polar surface area (TPSA) is 178 Å². The van der Waals surface area contributed by atoms with Crippen molar-refractivity contribution in [1.82, 2.24) is 20.2 Å². The van der Waals surface area contributed by atoms with Crippen LogP contribution in [0.25, 0.3) is 0 Å². The first kappa shape index (κ1) is 30.1. The molecule has 0 spiro atoms. The number of carbonyl (C=O) groups excluding carboxylic acids is 5. The molecule has 40 heavy (non-hydrogen) atoms. The Labute approximate surface area is 229 Å². The maximum Gasteiger partial charge on any atom is 0.303 e. The van der Waals surface area contributed by atoms with E-state index in [4.69, 9.17) is 23.7 Å². The fourth-order valence-corrected chi connectivity index (χ4v) is 4.17. The zero-order valence-corrected chi connectivity index (χ0v) is 22.7. The summed E-state index contributed by atoms with van der Waals surface area (Å²) < 4.78 is 27.2. The number of amides is 1. The molecular weight excluding hydrogens is 530 g/mol. The molecule has 1 amide bonds. The van der Waals surface area contributed by atoms with Crippen LogP contribution in [0.15, 0.2) is 30.3 Å². The van der Waals surface area contributed by atoms with E-state index >= 15 is 0 Å². The Morgan fingerprint density at radius 2 is 1.48 bits per heavy atom. The van der Waals surface area contributed by atoms with Gasteiger partial charge in [-0.05, 0) is 24.3 Å². The number of para-hydroxylation sites is 1. The first-order valence-corrected chi connectivity index (χ1v) is 12.4. The highest BCUT2D eigenvalue weighted by Gasteiger charge is 2.53. The second-order valence-corrected chi connectivity index (χ2v) is 8.77. The summed E-state index contributed by atoms with van der Waals surface area (Å²) in [5.74, 6) is -3.21. The first-order chi connectivity index (χ1) is 19.0. The SMILES string of the molecule is CCN(C(=O)Cc1nnn(C2OC(COC(C)=O)C(OC(C)=O)C(OC(C)=O)C2OC(C)=O)n1)c1ccccc1. The lowest BCUT2D eigenvalue weighted by Crippen LogP contribution is -2.60. The minimum absolute atomic E-state index is 0.0345. The van der Waals surface area contributed by atoms with Crippen LogP contribution in [0.1, 0.15) is 46.7 Å². The van der Waals surface area contributed by atoms with E-state index in [1.165, 1.54) is 6.92 Å². The molecule has 0 N–H and O–H groups in total. The number of ether oxygens (including phenoxy) is 5. The third kappa shape index (κ3) is 7.81. The van der Waals surface area contributed by atoms with Crippen LogP contribution < -0.4 is 4.90 Å². The summed E-state index contributed by atoms with van der Waals surface area (Å²) in [5.41, 5.74) is 0.696. The van der Waals surface area contributed by atoms with Crippen LogP contribution in [0.5, 0.6) is 0 Å². The lowest BCUT2D eigenvalue weighted by molar-refractivity contribution is -0.272. The van der Waals surface area contributed by atoms with E-state index < -0.39 is 61.1 Å². The molecule has 0 aliphatic carbocycles. The van der Waals surface area contributed by atoms with E-state index in [2.05, 4.69) is 15.4 Å². The first-order valence-electron chi connectivity index (χ1n) is 12.4. The predicted octanol–water partition coefficient (Wildman–Crippen LogP) is 0.524. The van der Waals surface area contributed by atoms with Crippen molar-refractivity contribution in [2.75, 3.05) is 18.1 Å². The molecule has 1 aliphatic heterocycles. The van der Waals surface area contributed by atoms with Crippen LogP contribution in [0, 0.1) is 0 Å². The van der Waals surface area contributed by atoms with Gasteiger partial charge in [0.1, 0.15) is 12.7 Å². The van der Waals surface area contributed by atoms with E-state index in [9.17, 15) is 24.0 Å². The van der Waals surface area contributed by atoms with E-state index in [1.807, 2.05) is 25.1 Å². The Bertz CT molecular complexity index is 1220. The molecule has 1 saturated heterocycles. The fraction of sp³-hybridized carbons (Fsp3) is 0.520. The molecule has 1 aliphatic rings. The molecule has 0 bridgehead atoms. The quantitative estimate of drug-likeness (QED) is 0.290. The highest BCUT2D eigenvalue weighted by Crippen LogP contribution is 2.34. The molecule has 1 aromatic carbocycles. The zero-order valence-electron chi connectivity index (χ0n) is 22.7. The summed E-state index contributed by atoms with van der Waals surface area (Å²) >= 11 is 0.